The van der Waals surface area contributed by atoms with Gasteiger partial charge in [-0.25, -0.2) is 8.42 Å². The number of hydrogen-bond acceptors (Lipinski definition) is 3. The maximum absolute atomic E-state index is 11.9. The minimum atomic E-state index is -3.50. The van der Waals surface area contributed by atoms with Gasteiger partial charge in [-0.2, -0.15) is 4.31 Å². The molecule has 1 rings (SSSR count). The molecule has 21 heavy (non-hydrogen) atoms. The van der Waals surface area contributed by atoms with Gasteiger partial charge in [0.2, 0.25) is 15.9 Å². The number of nitrogens with zero attached hydrogens (tertiary/aromatic N) is 1. The minimum absolute atomic E-state index is 0.0132. The fraction of sp³-hybridized carbons (Fsp3) is 0.500. The van der Waals surface area contributed by atoms with Crippen LogP contribution in [0, 0.1) is 0 Å². The third kappa shape index (κ3) is 6.03. The molecule has 5 nitrogen and oxygen atoms in total. The number of carbonyl (C=O) groups excluding carboxylic acids is 1. The molecular formula is C14H21ClN2O3S. The van der Waals surface area contributed by atoms with Crippen molar-refractivity contribution >= 4 is 27.5 Å². The largest absolute Gasteiger partial charge is 0.353 e. The summed E-state index contributed by atoms with van der Waals surface area (Å²) in [5, 5.41) is 3.23. The molecule has 1 atom stereocenters. The van der Waals surface area contributed by atoms with E-state index in [1.807, 2.05) is 13.8 Å². The van der Waals surface area contributed by atoms with Gasteiger partial charge in [0.1, 0.15) is 0 Å². The molecule has 0 aliphatic carbocycles. The molecule has 118 valence electrons. The van der Waals surface area contributed by atoms with Gasteiger partial charge in [0.25, 0.3) is 0 Å². The second-order valence-electron chi connectivity index (χ2n) is 5.00. The van der Waals surface area contributed by atoms with Crippen molar-refractivity contribution in [1.29, 1.82) is 0 Å². The zero-order chi connectivity index (χ0) is 16.0. The quantitative estimate of drug-likeness (QED) is 0.830. The first-order chi connectivity index (χ1) is 9.74. The second-order valence-corrected chi connectivity index (χ2v) is 7.39. The summed E-state index contributed by atoms with van der Waals surface area (Å²) < 4.78 is 24.8. The molecule has 1 N–H and O–H groups in total. The van der Waals surface area contributed by atoms with Crippen molar-refractivity contribution in [2.75, 3.05) is 12.8 Å². The van der Waals surface area contributed by atoms with E-state index in [0.717, 1.165) is 17.0 Å². The van der Waals surface area contributed by atoms with E-state index in [0.29, 0.717) is 10.6 Å². The molecule has 1 amide bonds. The highest BCUT2D eigenvalue weighted by atomic mass is 35.5. The van der Waals surface area contributed by atoms with Gasteiger partial charge in [-0.05, 0) is 25.0 Å². The SMILES string of the molecule is CC[C@H](C)NC(=O)CN(Cc1ccccc1Cl)S(C)(=O)=O. The third-order valence-corrected chi connectivity index (χ3v) is 4.68. The van der Waals surface area contributed by atoms with Crippen LogP contribution in [0.1, 0.15) is 25.8 Å². The van der Waals surface area contributed by atoms with Gasteiger partial charge >= 0.3 is 0 Å². The number of sulfonamides is 1. The fourth-order valence-electron chi connectivity index (χ4n) is 1.69. The van der Waals surface area contributed by atoms with E-state index in [1.165, 1.54) is 0 Å². The monoisotopic (exact) mass is 332 g/mol. The van der Waals surface area contributed by atoms with Crippen molar-refractivity contribution in [3.8, 4) is 0 Å². The molecule has 0 unspecified atom stereocenters. The Morgan fingerprint density at radius 1 is 1.38 bits per heavy atom. The molecule has 0 bridgehead atoms. The van der Waals surface area contributed by atoms with Crippen molar-refractivity contribution in [3.05, 3.63) is 34.9 Å². The standard InChI is InChI=1S/C14H21ClN2O3S/c1-4-11(2)16-14(18)10-17(21(3,19)20)9-12-7-5-6-8-13(12)15/h5-8,11H,4,9-10H2,1-3H3,(H,16,18)/t11-/m0/s1. The maximum Gasteiger partial charge on any atom is 0.235 e. The molecule has 0 aliphatic rings. The number of benzene rings is 1. The number of carbonyl (C=O) groups is 1. The molecule has 1 aromatic carbocycles. The van der Waals surface area contributed by atoms with Crippen LogP contribution in [0.5, 0.6) is 0 Å². The molecule has 0 saturated carbocycles. The summed E-state index contributed by atoms with van der Waals surface area (Å²) in [5.74, 6) is -0.318. The third-order valence-electron chi connectivity index (χ3n) is 3.11. The molecule has 0 radical (unpaired) electrons. The van der Waals surface area contributed by atoms with Crippen LogP contribution in [0.4, 0.5) is 0 Å². The van der Waals surface area contributed by atoms with E-state index in [-0.39, 0.29) is 25.0 Å². The molecule has 0 saturated heterocycles. The Hall–Kier alpha value is -1.11. The van der Waals surface area contributed by atoms with E-state index in [4.69, 9.17) is 11.6 Å². The van der Waals surface area contributed by atoms with E-state index in [2.05, 4.69) is 5.32 Å². The first kappa shape index (κ1) is 17.9. The lowest BCUT2D eigenvalue weighted by Crippen LogP contribution is -2.42. The zero-order valence-corrected chi connectivity index (χ0v) is 14.0. The topological polar surface area (TPSA) is 66.5 Å². The smallest absolute Gasteiger partial charge is 0.235 e. The van der Waals surface area contributed by atoms with Crippen molar-refractivity contribution < 1.29 is 13.2 Å². The van der Waals surface area contributed by atoms with Crippen molar-refractivity contribution in [1.82, 2.24) is 9.62 Å². The van der Waals surface area contributed by atoms with Gasteiger partial charge in [-0.3, -0.25) is 4.79 Å². The molecule has 0 aromatic heterocycles. The number of amides is 1. The average molecular weight is 333 g/mol. The number of halogens is 1. The summed E-state index contributed by atoms with van der Waals surface area (Å²) in [6, 6.07) is 7.00. The average Bonchev–Trinajstić information content (AvgIpc) is 2.39. The Bertz CT molecular complexity index is 590. The van der Waals surface area contributed by atoms with Crippen molar-refractivity contribution in [3.63, 3.8) is 0 Å². The minimum Gasteiger partial charge on any atom is -0.353 e. The van der Waals surface area contributed by atoms with Gasteiger partial charge in [0.15, 0.2) is 0 Å². The first-order valence-corrected chi connectivity index (χ1v) is 8.94. The van der Waals surface area contributed by atoms with Crippen molar-refractivity contribution in [2.24, 2.45) is 0 Å². The van der Waals surface area contributed by atoms with E-state index < -0.39 is 10.0 Å². The van der Waals surface area contributed by atoms with Crippen LogP contribution in [-0.2, 0) is 21.4 Å². The lowest BCUT2D eigenvalue weighted by molar-refractivity contribution is -0.122. The first-order valence-electron chi connectivity index (χ1n) is 6.72. The Balaban J connectivity index is 2.83. The van der Waals surface area contributed by atoms with Crippen LogP contribution >= 0.6 is 11.6 Å². The number of hydrogen-bond donors (Lipinski definition) is 1. The summed E-state index contributed by atoms with van der Waals surface area (Å²) in [6.07, 6.45) is 1.87. The Morgan fingerprint density at radius 3 is 2.52 bits per heavy atom. The van der Waals surface area contributed by atoms with Crippen LogP contribution in [0.15, 0.2) is 24.3 Å². The predicted octanol–water partition coefficient (Wildman–Crippen LogP) is 2.02. The van der Waals surface area contributed by atoms with Crippen molar-refractivity contribution in [2.45, 2.75) is 32.9 Å². The molecule has 0 fully saturated rings. The van der Waals surface area contributed by atoms with E-state index in [1.54, 1.807) is 24.3 Å². The lowest BCUT2D eigenvalue weighted by Gasteiger charge is -2.21. The van der Waals surface area contributed by atoms with Gasteiger partial charge in [0, 0.05) is 17.6 Å². The number of nitrogens with one attached hydrogen (secondary N) is 1. The second kappa shape index (κ2) is 7.77. The maximum atomic E-state index is 11.9. The normalized spacial score (nSPS) is 13.2. The summed E-state index contributed by atoms with van der Waals surface area (Å²) in [5.41, 5.74) is 0.668. The van der Waals surface area contributed by atoms with Crippen LogP contribution in [0.2, 0.25) is 5.02 Å². The van der Waals surface area contributed by atoms with Gasteiger partial charge < -0.3 is 5.32 Å². The number of rotatable bonds is 7. The molecule has 7 heteroatoms. The summed E-state index contributed by atoms with van der Waals surface area (Å²) in [6.45, 7) is 3.68. The Kier molecular flexibility index (Phi) is 6.64. The van der Waals surface area contributed by atoms with Crippen LogP contribution in [0.25, 0.3) is 0 Å². The highest BCUT2D eigenvalue weighted by Gasteiger charge is 2.21. The fourth-order valence-corrected chi connectivity index (χ4v) is 2.61. The van der Waals surface area contributed by atoms with Crippen LogP contribution in [0.3, 0.4) is 0 Å². The molecule has 1 aromatic rings. The summed E-state index contributed by atoms with van der Waals surface area (Å²) in [7, 11) is -3.50. The lowest BCUT2D eigenvalue weighted by atomic mass is 10.2. The Morgan fingerprint density at radius 2 is 2.00 bits per heavy atom. The van der Waals surface area contributed by atoms with Gasteiger partial charge in [-0.15, -0.1) is 0 Å². The molecule has 0 spiro atoms. The van der Waals surface area contributed by atoms with Crippen LogP contribution in [-0.4, -0.2) is 37.5 Å². The highest BCUT2D eigenvalue weighted by molar-refractivity contribution is 7.88. The predicted molar refractivity (Wildman–Crippen MR) is 84.6 cm³/mol. The zero-order valence-electron chi connectivity index (χ0n) is 12.5. The Labute approximate surface area is 131 Å². The molecule has 0 aliphatic heterocycles. The van der Waals surface area contributed by atoms with Gasteiger partial charge in [0.05, 0.1) is 12.8 Å². The summed E-state index contributed by atoms with van der Waals surface area (Å²) >= 11 is 6.04. The highest BCUT2D eigenvalue weighted by Crippen LogP contribution is 2.18. The molecule has 0 heterocycles. The molecular weight excluding hydrogens is 312 g/mol. The van der Waals surface area contributed by atoms with Gasteiger partial charge in [-0.1, -0.05) is 36.7 Å². The van der Waals surface area contributed by atoms with E-state index >= 15 is 0 Å². The summed E-state index contributed by atoms with van der Waals surface area (Å²) in [4.78, 5) is 11.9. The van der Waals surface area contributed by atoms with Crippen LogP contribution < -0.4 is 5.32 Å². The van der Waals surface area contributed by atoms with E-state index in [9.17, 15) is 13.2 Å².